The van der Waals surface area contributed by atoms with Crippen LogP contribution in [0.25, 0.3) is 0 Å². The summed E-state index contributed by atoms with van der Waals surface area (Å²) in [5.41, 5.74) is 2.77. The molecule has 0 N–H and O–H groups in total. The first-order chi connectivity index (χ1) is 10.5. The monoisotopic (exact) mass is 297 g/mol. The molecule has 0 bridgehead atoms. The van der Waals surface area contributed by atoms with E-state index in [2.05, 4.69) is 4.98 Å². The molecule has 1 aliphatic rings. The summed E-state index contributed by atoms with van der Waals surface area (Å²) in [6, 6.07) is 9.89. The number of non-ortho nitro benzene ring substituents is 1. The molecule has 22 heavy (non-hydrogen) atoms. The van der Waals surface area contributed by atoms with E-state index in [1.807, 2.05) is 19.9 Å². The van der Waals surface area contributed by atoms with Crippen LogP contribution >= 0.6 is 0 Å². The van der Waals surface area contributed by atoms with Crippen molar-refractivity contribution in [1.29, 1.82) is 0 Å². The van der Waals surface area contributed by atoms with Gasteiger partial charge in [-0.05, 0) is 44.0 Å². The summed E-state index contributed by atoms with van der Waals surface area (Å²) >= 11 is 0. The number of carbonyl (C=O) groups is 1. The first-order valence-electron chi connectivity index (χ1n) is 7.02. The van der Waals surface area contributed by atoms with Crippen LogP contribution in [0.2, 0.25) is 0 Å². The van der Waals surface area contributed by atoms with Gasteiger partial charge in [-0.25, -0.2) is 4.98 Å². The van der Waals surface area contributed by atoms with Crippen molar-refractivity contribution in [2.45, 2.75) is 26.3 Å². The van der Waals surface area contributed by atoms with Gasteiger partial charge in [-0.3, -0.25) is 14.9 Å². The standard InChI is InChI=1S/C16H15N3O3/c1-10-4-3-5-14(17-10)16(20)18-11(2)8-12-9-13(19(21)22)6-7-15(12)18/h3-7,9,11H,8H2,1-2H3. The summed E-state index contributed by atoms with van der Waals surface area (Å²) in [5.74, 6) is -0.177. The maximum Gasteiger partial charge on any atom is 0.277 e. The van der Waals surface area contributed by atoms with Crippen LogP contribution < -0.4 is 4.90 Å². The predicted molar refractivity (Wildman–Crippen MR) is 82.0 cm³/mol. The highest BCUT2D eigenvalue weighted by atomic mass is 16.6. The fraction of sp³-hybridized carbons (Fsp3) is 0.250. The van der Waals surface area contributed by atoms with Gasteiger partial charge in [-0.1, -0.05) is 6.07 Å². The molecule has 1 aromatic heterocycles. The molecule has 0 aliphatic carbocycles. The number of nitro groups is 1. The highest BCUT2D eigenvalue weighted by Crippen LogP contribution is 2.35. The number of anilines is 1. The van der Waals surface area contributed by atoms with Crippen LogP contribution in [0.4, 0.5) is 11.4 Å². The molecule has 0 saturated heterocycles. The van der Waals surface area contributed by atoms with E-state index < -0.39 is 4.92 Å². The van der Waals surface area contributed by atoms with Crippen molar-refractivity contribution in [3.05, 3.63) is 63.5 Å². The van der Waals surface area contributed by atoms with E-state index >= 15 is 0 Å². The van der Waals surface area contributed by atoms with Crippen LogP contribution in [-0.4, -0.2) is 21.9 Å². The number of nitro benzene ring substituents is 1. The van der Waals surface area contributed by atoms with Gasteiger partial charge in [0.25, 0.3) is 11.6 Å². The Morgan fingerprint density at radius 1 is 1.36 bits per heavy atom. The third-order valence-electron chi connectivity index (χ3n) is 3.82. The van der Waals surface area contributed by atoms with Gasteiger partial charge in [0, 0.05) is 29.6 Å². The SMILES string of the molecule is Cc1cccc(C(=O)N2c3ccc([N+](=O)[O-])cc3CC2C)n1. The first kappa shape index (κ1) is 14.2. The smallest absolute Gasteiger partial charge is 0.277 e. The Morgan fingerprint density at radius 3 is 2.82 bits per heavy atom. The molecule has 2 aromatic rings. The van der Waals surface area contributed by atoms with Gasteiger partial charge in [0.05, 0.1) is 4.92 Å². The quantitative estimate of drug-likeness (QED) is 0.631. The minimum atomic E-state index is -0.419. The van der Waals surface area contributed by atoms with Gasteiger partial charge >= 0.3 is 0 Å². The van der Waals surface area contributed by atoms with Crippen molar-refractivity contribution in [3.8, 4) is 0 Å². The van der Waals surface area contributed by atoms with E-state index in [1.165, 1.54) is 6.07 Å². The number of aromatic nitrogens is 1. The van der Waals surface area contributed by atoms with Crippen molar-refractivity contribution < 1.29 is 9.72 Å². The molecule has 0 fully saturated rings. The third-order valence-corrected chi connectivity index (χ3v) is 3.82. The number of hydrogen-bond donors (Lipinski definition) is 0. The van der Waals surface area contributed by atoms with Gasteiger partial charge < -0.3 is 4.90 Å². The molecule has 0 spiro atoms. The zero-order valence-corrected chi connectivity index (χ0v) is 12.3. The van der Waals surface area contributed by atoms with Crippen molar-refractivity contribution in [2.24, 2.45) is 0 Å². The Hall–Kier alpha value is -2.76. The molecule has 1 aromatic carbocycles. The van der Waals surface area contributed by atoms with Gasteiger partial charge in [-0.2, -0.15) is 0 Å². The lowest BCUT2D eigenvalue weighted by atomic mass is 10.1. The van der Waals surface area contributed by atoms with Crippen LogP contribution in [0.1, 0.15) is 28.7 Å². The number of rotatable bonds is 2. The molecule has 0 saturated carbocycles. The van der Waals surface area contributed by atoms with Crippen LogP contribution in [0, 0.1) is 17.0 Å². The van der Waals surface area contributed by atoms with Gasteiger partial charge in [0.15, 0.2) is 0 Å². The number of nitrogens with zero attached hydrogens (tertiary/aromatic N) is 3. The fourth-order valence-electron chi connectivity index (χ4n) is 2.83. The Morgan fingerprint density at radius 2 is 2.14 bits per heavy atom. The molecule has 6 heteroatoms. The van der Waals surface area contributed by atoms with Gasteiger partial charge in [0.1, 0.15) is 5.69 Å². The summed E-state index contributed by atoms with van der Waals surface area (Å²) in [6.07, 6.45) is 0.606. The summed E-state index contributed by atoms with van der Waals surface area (Å²) in [6.45, 7) is 3.76. The number of amides is 1. The molecule has 112 valence electrons. The normalized spacial score (nSPS) is 16.5. The van der Waals surface area contributed by atoms with Crippen LogP contribution in [-0.2, 0) is 6.42 Å². The summed E-state index contributed by atoms with van der Waals surface area (Å²) in [4.78, 5) is 29.1. The topological polar surface area (TPSA) is 76.3 Å². The van der Waals surface area contributed by atoms with Crippen LogP contribution in [0.5, 0.6) is 0 Å². The second-order valence-electron chi connectivity index (χ2n) is 5.46. The molecule has 0 radical (unpaired) electrons. The van der Waals surface area contributed by atoms with E-state index in [0.717, 1.165) is 16.9 Å². The lowest BCUT2D eigenvalue weighted by Crippen LogP contribution is -2.36. The Bertz CT molecular complexity index is 773. The molecule has 3 rings (SSSR count). The van der Waals surface area contributed by atoms with Crippen LogP contribution in [0.15, 0.2) is 36.4 Å². The van der Waals surface area contributed by atoms with Crippen molar-refractivity contribution >= 4 is 17.3 Å². The highest BCUT2D eigenvalue weighted by molar-refractivity contribution is 6.06. The number of carbonyl (C=O) groups excluding carboxylic acids is 1. The second-order valence-corrected chi connectivity index (χ2v) is 5.46. The second kappa shape index (κ2) is 5.22. The van der Waals surface area contributed by atoms with E-state index in [1.54, 1.807) is 29.2 Å². The van der Waals surface area contributed by atoms with Crippen molar-refractivity contribution in [2.75, 3.05) is 4.90 Å². The van der Waals surface area contributed by atoms with E-state index in [4.69, 9.17) is 0 Å². The number of benzene rings is 1. The molecule has 1 atom stereocenters. The highest BCUT2D eigenvalue weighted by Gasteiger charge is 2.33. The Kier molecular flexibility index (Phi) is 3.36. The minimum Gasteiger partial charge on any atom is -0.304 e. The molecule has 2 heterocycles. The Balaban J connectivity index is 2.00. The third kappa shape index (κ3) is 2.32. The summed E-state index contributed by atoms with van der Waals surface area (Å²) in [7, 11) is 0. The number of fused-ring (bicyclic) bond motifs is 1. The van der Waals surface area contributed by atoms with Crippen LogP contribution in [0.3, 0.4) is 0 Å². The zero-order chi connectivity index (χ0) is 15.9. The van der Waals surface area contributed by atoms with Crippen molar-refractivity contribution in [3.63, 3.8) is 0 Å². The van der Waals surface area contributed by atoms with Crippen molar-refractivity contribution in [1.82, 2.24) is 4.98 Å². The maximum atomic E-state index is 12.7. The molecule has 1 aliphatic heterocycles. The van der Waals surface area contributed by atoms with E-state index in [9.17, 15) is 14.9 Å². The molecular weight excluding hydrogens is 282 g/mol. The van der Waals surface area contributed by atoms with E-state index in [0.29, 0.717) is 12.1 Å². The molecule has 6 nitrogen and oxygen atoms in total. The predicted octanol–water partition coefficient (Wildman–Crippen LogP) is 2.89. The lowest BCUT2D eigenvalue weighted by Gasteiger charge is -2.22. The fourth-order valence-corrected chi connectivity index (χ4v) is 2.83. The molecule has 1 amide bonds. The zero-order valence-electron chi connectivity index (χ0n) is 12.3. The number of pyridine rings is 1. The first-order valence-corrected chi connectivity index (χ1v) is 7.02. The summed E-state index contributed by atoms with van der Waals surface area (Å²) in [5, 5.41) is 10.9. The number of hydrogen-bond acceptors (Lipinski definition) is 4. The van der Waals surface area contributed by atoms with Gasteiger partial charge in [0.2, 0.25) is 0 Å². The largest absolute Gasteiger partial charge is 0.304 e. The average Bonchev–Trinajstić information content (AvgIpc) is 2.81. The molecular formula is C16H15N3O3. The maximum absolute atomic E-state index is 12.7. The summed E-state index contributed by atoms with van der Waals surface area (Å²) < 4.78 is 0. The lowest BCUT2D eigenvalue weighted by molar-refractivity contribution is -0.384. The van der Waals surface area contributed by atoms with E-state index in [-0.39, 0.29) is 17.6 Å². The Labute approximate surface area is 127 Å². The number of aryl methyl sites for hydroxylation is 1. The minimum absolute atomic E-state index is 0.0492. The molecule has 1 unspecified atom stereocenters. The average molecular weight is 297 g/mol. The van der Waals surface area contributed by atoms with Gasteiger partial charge in [-0.15, -0.1) is 0 Å².